The lowest BCUT2D eigenvalue weighted by Gasteiger charge is -2.17. The van der Waals surface area contributed by atoms with Gasteiger partial charge in [0.05, 0.1) is 0 Å². The Balaban J connectivity index is 1.59. The molecule has 1 aliphatic rings. The highest BCUT2D eigenvalue weighted by atomic mass is 19.1. The molecular formula is C19H21FN2O2. The molecular weight excluding hydrogens is 307 g/mol. The number of rotatable bonds is 6. The molecule has 4 nitrogen and oxygen atoms in total. The number of amides is 1. The van der Waals surface area contributed by atoms with Gasteiger partial charge in [-0.1, -0.05) is 37.3 Å². The maximum Gasteiger partial charge on any atom is 0.261 e. The molecule has 0 radical (unpaired) electrons. The minimum absolute atomic E-state index is 0.100. The number of halogens is 1. The Labute approximate surface area is 141 Å². The van der Waals surface area contributed by atoms with E-state index in [1.54, 1.807) is 12.1 Å². The molecule has 3 rings (SSSR count). The molecule has 0 saturated carbocycles. The molecule has 0 bridgehead atoms. The molecule has 1 amide bonds. The van der Waals surface area contributed by atoms with Crippen molar-refractivity contribution in [3.63, 3.8) is 0 Å². The van der Waals surface area contributed by atoms with Gasteiger partial charge in [-0.25, -0.2) is 4.39 Å². The van der Waals surface area contributed by atoms with Crippen LogP contribution in [-0.4, -0.2) is 12.0 Å². The quantitative estimate of drug-likeness (QED) is 0.857. The number of hydrogen-bond acceptors (Lipinski definition) is 3. The van der Waals surface area contributed by atoms with E-state index >= 15 is 0 Å². The molecule has 0 saturated heterocycles. The second kappa shape index (κ2) is 7.45. The van der Waals surface area contributed by atoms with E-state index in [9.17, 15) is 9.18 Å². The number of benzene rings is 2. The van der Waals surface area contributed by atoms with Crippen LogP contribution in [0.1, 0.15) is 30.0 Å². The molecule has 1 atom stereocenters. The van der Waals surface area contributed by atoms with Crippen LogP contribution in [0, 0.1) is 5.82 Å². The third-order valence-corrected chi connectivity index (χ3v) is 4.14. The third kappa shape index (κ3) is 3.74. The monoisotopic (exact) mass is 328 g/mol. The summed E-state index contributed by atoms with van der Waals surface area (Å²) in [6.45, 7) is 4.04. The lowest BCUT2D eigenvalue weighted by atomic mass is 10.1. The molecule has 5 heteroatoms. The molecule has 1 heterocycles. The van der Waals surface area contributed by atoms with E-state index in [1.807, 2.05) is 13.0 Å². The second-order valence-electron chi connectivity index (χ2n) is 5.87. The van der Waals surface area contributed by atoms with E-state index < -0.39 is 11.9 Å². The molecule has 2 N–H and O–H groups in total. The number of hydrogen-bond donors (Lipinski definition) is 2. The SMILES string of the molecule is CCC(Oc1ccccc1F)C(=O)NCc1ccc2c(c1)CNC2. The Morgan fingerprint density at radius 3 is 2.83 bits per heavy atom. The van der Waals surface area contributed by atoms with Crippen molar-refractivity contribution in [2.24, 2.45) is 0 Å². The van der Waals surface area contributed by atoms with E-state index in [4.69, 9.17) is 4.74 Å². The van der Waals surface area contributed by atoms with Gasteiger partial charge in [-0.15, -0.1) is 0 Å². The second-order valence-corrected chi connectivity index (χ2v) is 5.87. The van der Waals surface area contributed by atoms with Crippen molar-refractivity contribution in [2.45, 2.75) is 39.1 Å². The lowest BCUT2D eigenvalue weighted by molar-refractivity contribution is -0.128. The van der Waals surface area contributed by atoms with Gasteiger partial charge in [0.2, 0.25) is 0 Å². The molecule has 126 valence electrons. The van der Waals surface area contributed by atoms with Crippen LogP contribution in [0.25, 0.3) is 0 Å². The van der Waals surface area contributed by atoms with Crippen LogP contribution in [0.4, 0.5) is 4.39 Å². The number of para-hydroxylation sites is 1. The molecule has 2 aromatic carbocycles. The smallest absolute Gasteiger partial charge is 0.261 e. The highest BCUT2D eigenvalue weighted by Gasteiger charge is 2.19. The molecule has 2 aromatic rings. The maximum atomic E-state index is 13.7. The number of nitrogens with one attached hydrogen (secondary N) is 2. The van der Waals surface area contributed by atoms with Crippen molar-refractivity contribution in [1.82, 2.24) is 10.6 Å². The maximum absolute atomic E-state index is 13.7. The van der Waals surface area contributed by atoms with Crippen molar-refractivity contribution < 1.29 is 13.9 Å². The number of carbonyl (C=O) groups excluding carboxylic acids is 1. The minimum Gasteiger partial charge on any atom is -0.478 e. The topological polar surface area (TPSA) is 50.4 Å². The Hall–Kier alpha value is -2.40. The van der Waals surface area contributed by atoms with Crippen LogP contribution in [0.5, 0.6) is 5.75 Å². The fourth-order valence-corrected chi connectivity index (χ4v) is 2.78. The molecule has 24 heavy (non-hydrogen) atoms. The first-order chi connectivity index (χ1) is 11.7. The largest absolute Gasteiger partial charge is 0.478 e. The van der Waals surface area contributed by atoms with Gasteiger partial charge in [0.1, 0.15) is 0 Å². The van der Waals surface area contributed by atoms with Crippen LogP contribution in [0.2, 0.25) is 0 Å². The first kappa shape index (κ1) is 16.5. The van der Waals surface area contributed by atoms with Gasteiger partial charge in [0, 0.05) is 19.6 Å². The zero-order chi connectivity index (χ0) is 16.9. The van der Waals surface area contributed by atoms with Crippen LogP contribution in [-0.2, 0) is 24.4 Å². The molecule has 0 spiro atoms. The number of carbonyl (C=O) groups is 1. The average molecular weight is 328 g/mol. The van der Waals surface area contributed by atoms with Crippen LogP contribution in [0.15, 0.2) is 42.5 Å². The normalized spacial score (nSPS) is 14.1. The molecule has 0 aliphatic carbocycles. The summed E-state index contributed by atoms with van der Waals surface area (Å²) in [7, 11) is 0. The molecule has 0 fully saturated rings. The van der Waals surface area contributed by atoms with E-state index in [0.717, 1.165) is 18.7 Å². The van der Waals surface area contributed by atoms with Gasteiger partial charge in [-0.2, -0.15) is 0 Å². The summed E-state index contributed by atoms with van der Waals surface area (Å²) >= 11 is 0. The zero-order valence-corrected chi connectivity index (χ0v) is 13.6. The summed E-state index contributed by atoms with van der Waals surface area (Å²) in [5, 5.41) is 6.17. The Morgan fingerprint density at radius 2 is 2.04 bits per heavy atom. The molecule has 0 aromatic heterocycles. The first-order valence-corrected chi connectivity index (χ1v) is 8.17. The first-order valence-electron chi connectivity index (χ1n) is 8.17. The van der Waals surface area contributed by atoms with Gasteiger partial charge >= 0.3 is 0 Å². The van der Waals surface area contributed by atoms with Crippen molar-refractivity contribution in [1.29, 1.82) is 0 Å². The summed E-state index contributed by atoms with van der Waals surface area (Å²) < 4.78 is 19.2. The predicted molar refractivity (Wildman–Crippen MR) is 89.9 cm³/mol. The Kier molecular flexibility index (Phi) is 5.11. The summed E-state index contributed by atoms with van der Waals surface area (Å²) in [6, 6.07) is 12.3. The fourth-order valence-electron chi connectivity index (χ4n) is 2.78. The van der Waals surface area contributed by atoms with Crippen LogP contribution < -0.4 is 15.4 Å². The number of fused-ring (bicyclic) bond motifs is 1. The van der Waals surface area contributed by atoms with E-state index in [1.165, 1.54) is 23.3 Å². The van der Waals surface area contributed by atoms with Crippen molar-refractivity contribution in [3.8, 4) is 5.75 Å². The highest BCUT2D eigenvalue weighted by molar-refractivity contribution is 5.81. The summed E-state index contributed by atoms with van der Waals surface area (Å²) in [4.78, 5) is 12.3. The predicted octanol–water partition coefficient (Wildman–Crippen LogP) is 2.90. The Morgan fingerprint density at radius 1 is 1.25 bits per heavy atom. The summed E-state index contributed by atoms with van der Waals surface area (Å²) in [5.74, 6) is -0.600. The standard InChI is InChI=1S/C19H21FN2O2/c1-2-17(24-18-6-4-3-5-16(18)20)19(23)22-10-13-7-8-14-11-21-12-15(14)9-13/h3-9,17,21H,2,10-12H2,1H3,(H,22,23). The van der Waals surface area contributed by atoms with Crippen LogP contribution >= 0.6 is 0 Å². The lowest BCUT2D eigenvalue weighted by Crippen LogP contribution is -2.37. The van der Waals surface area contributed by atoms with Gasteiger partial charge < -0.3 is 15.4 Å². The zero-order valence-electron chi connectivity index (χ0n) is 13.6. The summed E-state index contributed by atoms with van der Waals surface area (Å²) in [5.41, 5.74) is 3.63. The highest BCUT2D eigenvalue weighted by Crippen LogP contribution is 2.19. The Bertz CT molecular complexity index is 733. The average Bonchev–Trinajstić information content (AvgIpc) is 3.06. The summed E-state index contributed by atoms with van der Waals surface area (Å²) in [6.07, 6.45) is -0.244. The van der Waals surface area contributed by atoms with E-state index in [-0.39, 0.29) is 11.7 Å². The molecule has 1 aliphatic heterocycles. The van der Waals surface area contributed by atoms with Crippen molar-refractivity contribution in [2.75, 3.05) is 0 Å². The van der Waals surface area contributed by atoms with Crippen LogP contribution in [0.3, 0.4) is 0 Å². The van der Waals surface area contributed by atoms with Gasteiger partial charge in [0.15, 0.2) is 17.7 Å². The third-order valence-electron chi connectivity index (χ3n) is 4.14. The fraction of sp³-hybridized carbons (Fsp3) is 0.316. The number of ether oxygens (including phenoxy) is 1. The van der Waals surface area contributed by atoms with Gasteiger partial charge in [0.25, 0.3) is 5.91 Å². The van der Waals surface area contributed by atoms with Gasteiger partial charge in [-0.05, 0) is 35.2 Å². The van der Waals surface area contributed by atoms with E-state index in [0.29, 0.717) is 13.0 Å². The van der Waals surface area contributed by atoms with E-state index in [2.05, 4.69) is 22.8 Å². The van der Waals surface area contributed by atoms with Crippen molar-refractivity contribution >= 4 is 5.91 Å². The van der Waals surface area contributed by atoms with Gasteiger partial charge in [-0.3, -0.25) is 4.79 Å². The molecule has 1 unspecified atom stereocenters. The van der Waals surface area contributed by atoms with Crippen molar-refractivity contribution in [3.05, 3.63) is 65.0 Å². The minimum atomic E-state index is -0.710.